The summed E-state index contributed by atoms with van der Waals surface area (Å²) in [7, 11) is -1.73. The molecule has 0 aliphatic heterocycles. The van der Waals surface area contributed by atoms with Crippen molar-refractivity contribution in [2.24, 2.45) is 0 Å². The lowest BCUT2D eigenvalue weighted by Crippen LogP contribution is -2.18. The van der Waals surface area contributed by atoms with Crippen LogP contribution in [0.4, 0.5) is 34.1 Å². The molecule has 0 bridgehead atoms. The highest BCUT2D eigenvalue weighted by molar-refractivity contribution is 6.87. The van der Waals surface area contributed by atoms with Gasteiger partial charge in [-0.1, -0.05) is 134 Å². The summed E-state index contributed by atoms with van der Waals surface area (Å²) >= 11 is 0. The zero-order valence-electron chi connectivity index (χ0n) is 25.9. The first kappa shape index (κ1) is 29.7. The van der Waals surface area contributed by atoms with E-state index in [4.69, 9.17) is 0 Å². The van der Waals surface area contributed by atoms with Gasteiger partial charge in [0.05, 0.1) is 8.07 Å². The van der Waals surface area contributed by atoms with Crippen LogP contribution >= 0.6 is 0 Å². The van der Waals surface area contributed by atoms with Gasteiger partial charge in [0.1, 0.15) is 0 Å². The molecule has 3 heteroatoms. The predicted molar refractivity (Wildman–Crippen MR) is 198 cm³/mol. The van der Waals surface area contributed by atoms with E-state index >= 15 is 0 Å². The van der Waals surface area contributed by atoms with E-state index in [1.54, 1.807) is 0 Å². The van der Waals surface area contributed by atoms with Crippen LogP contribution in [0.2, 0.25) is 13.1 Å². The summed E-state index contributed by atoms with van der Waals surface area (Å²) in [6, 6.07) is 59.8. The first-order chi connectivity index (χ1) is 22.1. The van der Waals surface area contributed by atoms with Gasteiger partial charge in [0.15, 0.2) is 0 Å². The summed E-state index contributed by atoms with van der Waals surface area (Å²) in [6.07, 6.45) is 4.55. The van der Waals surface area contributed by atoms with Crippen LogP contribution in [0.15, 0.2) is 181 Å². The number of anilines is 6. The molecular weight excluding hydrogens is 561 g/mol. The van der Waals surface area contributed by atoms with E-state index in [9.17, 15) is 0 Å². The minimum atomic E-state index is -1.73. The second kappa shape index (κ2) is 13.9. The lowest BCUT2D eigenvalue weighted by atomic mass is 10.1. The molecule has 0 radical (unpaired) electrons. The molecule has 45 heavy (non-hydrogen) atoms. The minimum absolute atomic E-state index is 1.14. The summed E-state index contributed by atoms with van der Waals surface area (Å²) in [6.45, 7) is 4.75. The van der Waals surface area contributed by atoms with Crippen LogP contribution in [0, 0.1) is 0 Å². The van der Waals surface area contributed by atoms with E-state index in [0.717, 1.165) is 34.1 Å². The SMILES string of the molecule is C[Si](C)(C=Cc1ccc(N(c2ccccc2)c2ccccc2)cc1)C=Cc1ccc(N(c2ccccc2)c2ccccc2)cc1. The first-order valence-electron chi connectivity index (χ1n) is 15.4. The third-order valence-electron chi connectivity index (χ3n) is 7.77. The van der Waals surface area contributed by atoms with Crippen molar-refractivity contribution in [3.8, 4) is 0 Å². The van der Waals surface area contributed by atoms with Crippen molar-refractivity contribution in [2.45, 2.75) is 13.1 Å². The molecule has 0 fully saturated rings. The van der Waals surface area contributed by atoms with Crippen LogP contribution < -0.4 is 9.80 Å². The number of benzene rings is 6. The molecule has 0 aliphatic carbocycles. The van der Waals surface area contributed by atoms with Crippen molar-refractivity contribution in [1.82, 2.24) is 0 Å². The van der Waals surface area contributed by atoms with E-state index in [0.29, 0.717) is 0 Å². The first-order valence-corrected chi connectivity index (χ1v) is 18.6. The molecule has 0 N–H and O–H groups in total. The molecule has 0 unspecified atom stereocenters. The molecule has 6 aromatic carbocycles. The summed E-state index contributed by atoms with van der Waals surface area (Å²) in [5.74, 6) is 0. The van der Waals surface area contributed by atoms with Gasteiger partial charge in [-0.15, -0.1) is 0 Å². The van der Waals surface area contributed by atoms with E-state index in [-0.39, 0.29) is 0 Å². The maximum absolute atomic E-state index is 2.41. The van der Waals surface area contributed by atoms with Crippen LogP contribution in [0.3, 0.4) is 0 Å². The van der Waals surface area contributed by atoms with Crippen molar-refractivity contribution >= 4 is 54.4 Å². The lowest BCUT2D eigenvalue weighted by molar-refractivity contribution is 1.28. The van der Waals surface area contributed by atoms with Gasteiger partial charge >= 0.3 is 0 Å². The Bertz CT molecular complexity index is 1610. The molecule has 0 aromatic heterocycles. The minimum Gasteiger partial charge on any atom is -0.311 e. The van der Waals surface area contributed by atoms with Gasteiger partial charge in [-0.25, -0.2) is 0 Å². The van der Waals surface area contributed by atoms with Gasteiger partial charge < -0.3 is 9.80 Å². The third kappa shape index (κ3) is 7.59. The Morgan fingerprint density at radius 1 is 0.333 bits per heavy atom. The second-order valence-electron chi connectivity index (χ2n) is 11.7. The Labute approximate surface area is 268 Å². The van der Waals surface area contributed by atoms with E-state index in [1.165, 1.54) is 11.1 Å². The maximum Gasteiger partial charge on any atom is 0.0954 e. The molecule has 0 atom stereocenters. The second-order valence-corrected chi connectivity index (χ2v) is 16.0. The fraction of sp³-hybridized carbons (Fsp3) is 0.0476. The highest BCUT2D eigenvalue weighted by Crippen LogP contribution is 2.35. The number of hydrogen-bond donors (Lipinski definition) is 0. The fourth-order valence-corrected chi connectivity index (χ4v) is 6.70. The summed E-state index contributed by atoms with van der Waals surface area (Å²) in [5, 5.41) is 0. The zero-order chi connectivity index (χ0) is 30.9. The number of para-hydroxylation sites is 4. The largest absolute Gasteiger partial charge is 0.311 e. The van der Waals surface area contributed by atoms with Crippen molar-refractivity contribution < 1.29 is 0 Å². The summed E-state index contributed by atoms with van der Waals surface area (Å²) in [4.78, 5) is 4.58. The quantitative estimate of drug-likeness (QED) is 0.145. The Morgan fingerprint density at radius 2 is 0.578 bits per heavy atom. The van der Waals surface area contributed by atoms with Crippen LogP contribution in [0.25, 0.3) is 12.2 Å². The normalized spacial score (nSPS) is 11.6. The van der Waals surface area contributed by atoms with Crippen molar-refractivity contribution in [3.63, 3.8) is 0 Å². The molecule has 6 rings (SSSR count). The van der Waals surface area contributed by atoms with Crippen LogP contribution in [0.1, 0.15) is 11.1 Å². The molecular formula is C42H38N2Si. The Balaban J connectivity index is 1.16. The monoisotopic (exact) mass is 598 g/mol. The molecule has 0 amide bonds. The highest BCUT2D eigenvalue weighted by Gasteiger charge is 2.14. The Kier molecular flexibility index (Phi) is 9.19. The third-order valence-corrected chi connectivity index (χ3v) is 9.82. The zero-order valence-corrected chi connectivity index (χ0v) is 26.9. The standard InChI is InChI=1S/C42H38N2Si/c1-45(2,33-31-35-23-27-41(28-24-35)43(37-15-7-3-8-16-37)38-17-9-4-10-18-38)34-32-36-25-29-42(30-26-36)44(39-19-11-5-12-20-39)40-21-13-6-14-22-40/h3-34H,1-2H3. The van der Waals surface area contributed by atoms with Crippen LogP contribution in [0.5, 0.6) is 0 Å². The summed E-state index contributed by atoms with van der Waals surface area (Å²) < 4.78 is 0. The number of nitrogens with zero attached hydrogens (tertiary/aromatic N) is 2. The van der Waals surface area contributed by atoms with Gasteiger partial charge in [0.25, 0.3) is 0 Å². The van der Waals surface area contributed by atoms with E-state index in [1.807, 2.05) is 0 Å². The molecule has 0 aliphatic rings. The number of hydrogen-bond acceptors (Lipinski definition) is 2. The topological polar surface area (TPSA) is 6.48 Å². The maximum atomic E-state index is 2.41. The summed E-state index contributed by atoms with van der Waals surface area (Å²) in [5.41, 5.74) is 14.1. The average molecular weight is 599 g/mol. The van der Waals surface area contributed by atoms with Gasteiger partial charge in [-0.05, 0) is 83.9 Å². The van der Waals surface area contributed by atoms with Crippen LogP contribution in [-0.4, -0.2) is 8.07 Å². The molecule has 0 spiro atoms. The molecule has 0 saturated heterocycles. The molecule has 220 valence electrons. The van der Waals surface area contributed by atoms with Crippen LogP contribution in [-0.2, 0) is 0 Å². The molecule has 0 saturated carbocycles. The van der Waals surface area contributed by atoms with Gasteiger partial charge in [0.2, 0.25) is 0 Å². The molecule has 2 nitrogen and oxygen atoms in total. The average Bonchev–Trinajstić information content (AvgIpc) is 3.10. The van der Waals surface area contributed by atoms with Crippen molar-refractivity contribution in [3.05, 3.63) is 192 Å². The smallest absolute Gasteiger partial charge is 0.0954 e. The fourth-order valence-electron chi connectivity index (χ4n) is 5.35. The predicted octanol–water partition coefficient (Wildman–Crippen LogP) is 12.1. The lowest BCUT2D eigenvalue weighted by Gasteiger charge is -2.25. The molecule has 0 heterocycles. The van der Waals surface area contributed by atoms with Crippen molar-refractivity contribution in [2.75, 3.05) is 9.80 Å². The van der Waals surface area contributed by atoms with Gasteiger partial charge in [0, 0.05) is 34.1 Å². The highest BCUT2D eigenvalue weighted by atomic mass is 28.3. The van der Waals surface area contributed by atoms with Gasteiger partial charge in [-0.3, -0.25) is 0 Å². The van der Waals surface area contributed by atoms with E-state index < -0.39 is 8.07 Å². The Morgan fingerprint density at radius 3 is 0.844 bits per heavy atom. The molecule has 6 aromatic rings. The van der Waals surface area contributed by atoms with Gasteiger partial charge in [-0.2, -0.15) is 0 Å². The van der Waals surface area contributed by atoms with Crippen molar-refractivity contribution in [1.29, 1.82) is 0 Å². The number of rotatable bonds is 10. The Hall–Kier alpha value is -5.38. The van der Waals surface area contributed by atoms with E-state index in [2.05, 4.69) is 216 Å².